The lowest BCUT2D eigenvalue weighted by molar-refractivity contribution is 0.425. The second-order valence-electron chi connectivity index (χ2n) is 5.61. The molecule has 5 nitrogen and oxygen atoms in total. The maximum atomic E-state index is 12.2. The first-order valence-electron chi connectivity index (χ1n) is 7.02. The van der Waals surface area contributed by atoms with E-state index >= 15 is 0 Å². The number of nitrogens with one attached hydrogen (secondary N) is 1. The molecule has 1 aliphatic heterocycles. The van der Waals surface area contributed by atoms with Crippen LogP contribution in [-0.2, 0) is 7.05 Å². The summed E-state index contributed by atoms with van der Waals surface area (Å²) in [6.07, 6.45) is 1.78. The molecule has 0 radical (unpaired) electrons. The molecule has 3 rings (SSSR count). The number of piperazine rings is 1. The van der Waals surface area contributed by atoms with E-state index in [1.165, 1.54) is 0 Å². The molecule has 1 aliphatic rings. The Labute approximate surface area is 118 Å². The van der Waals surface area contributed by atoms with Gasteiger partial charge < -0.3 is 14.8 Å². The first kappa shape index (κ1) is 13.1. The molecule has 106 valence electrons. The van der Waals surface area contributed by atoms with E-state index in [-0.39, 0.29) is 5.56 Å². The average Bonchev–Trinajstić information content (AvgIpc) is 2.46. The van der Waals surface area contributed by atoms with E-state index in [9.17, 15) is 4.79 Å². The van der Waals surface area contributed by atoms with Crippen LogP contribution >= 0.6 is 0 Å². The summed E-state index contributed by atoms with van der Waals surface area (Å²) >= 11 is 0. The smallest absolute Gasteiger partial charge is 0.252 e. The highest BCUT2D eigenvalue weighted by molar-refractivity contribution is 5.88. The van der Waals surface area contributed by atoms with Gasteiger partial charge in [-0.05, 0) is 26.0 Å². The summed E-state index contributed by atoms with van der Waals surface area (Å²) < 4.78 is 1.65. The monoisotopic (exact) mass is 272 g/mol. The fraction of sp³-hybridized carbons (Fsp3) is 0.467. The molecule has 0 unspecified atom stereocenters. The molecular formula is C15H20N4O. The van der Waals surface area contributed by atoms with Gasteiger partial charge in [-0.2, -0.15) is 0 Å². The molecular weight excluding hydrogens is 252 g/mol. The highest BCUT2D eigenvalue weighted by Gasteiger charge is 2.25. The SMILES string of the molecule is C[C@@H]1CN(c2cc(=O)n(C)c3cccnc23)[C@@H](C)CN1. The third-order valence-electron chi connectivity index (χ3n) is 4.05. The number of hydrogen-bond donors (Lipinski definition) is 1. The minimum atomic E-state index is 0.0129. The Balaban J connectivity index is 2.20. The summed E-state index contributed by atoms with van der Waals surface area (Å²) in [5.41, 5.74) is 2.74. The maximum Gasteiger partial charge on any atom is 0.252 e. The lowest BCUT2D eigenvalue weighted by atomic mass is 10.1. The number of pyridine rings is 2. The first-order valence-corrected chi connectivity index (χ1v) is 7.02. The summed E-state index contributed by atoms with van der Waals surface area (Å²) in [6.45, 7) is 6.14. The van der Waals surface area contributed by atoms with Crippen molar-refractivity contribution < 1.29 is 0 Å². The molecule has 0 bridgehead atoms. The molecule has 2 atom stereocenters. The van der Waals surface area contributed by atoms with Crippen molar-refractivity contribution in [3.63, 3.8) is 0 Å². The van der Waals surface area contributed by atoms with Crippen molar-refractivity contribution in [1.82, 2.24) is 14.9 Å². The van der Waals surface area contributed by atoms with Gasteiger partial charge in [0, 0.05) is 44.5 Å². The number of hydrogen-bond acceptors (Lipinski definition) is 4. The minimum Gasteiger partial charge on any atom is -0.364 e. The molecule has 3 heterocycles. The normalized spacial score (nSPS) is 23.2. The maximum absolute atomic E-state index is 12.2. The van der Waals surface area contributed by atoms with E-state index in [0.717, 1.165) is 29.8 Å². The Morgan fingerprint density at radius 3 is 3.00 bits per heavy atom. The highest BCUT2D eigenvalue weighted by atomic mass is 16.1. The van der Waals surface area contributed by atoms with Gasteiger partial charge in [0.2, 0.25) is 0 Å². The van der Waals surface area contributed by atoms with E-state index in [0.29, 0.717) is 12.1 Å². The number of nitrogens with zero attached hydrogens (tertiary/aromatic N) is 3. The summed E-state index contributed by atoms with van der Waals surface area (Å²) in [4.78, 5) is 19.0. The zero-order chi connectivity index (χ0) is 14.3. The fourth-order valence-corrected chi connectivity index (χ4v) is 2.84. The number of rotatable bonds is 1. The standard InChI is InChI=1S/C15H20N4O/c1-10-9-19(11(2)8-17-10)13-7-14(20)18(3)12-5-4-6-16-15(12)13/h4-7,10-11,17H,8-9H2,1-3H3/t10-,11+/m1/s1. The van der Waals surface area contributed by atoms with Crippen LogP contribution in [0.1, 0.15) is 13.8 Å². The summed E-state index contributed by atoms with van der Waals surface area (Å²) in [7, 11) is 1.79. The topological polar surface area (TPSA) is 50.2 Å². The minimum absolute atomic E-state index is 0.0129. The van der Waals surface area contributed by atoms with Crippen LogP contribution in [0.4, 0.5) is 5.69 Å². The van der Waals surface area contributed by atoms with Gasteiger partial charge in [0.1, 0.15) is 5.52 Å². The van der Waals surface area contributed by atoms with Crippen molar-refractivity contribution >= 4 is 16.7 Å². The van der Waals surface area contributed by atoms with Crippen molar-refractivity contribution in [2.75, 3.05) is 18.0 Å². The van der Waals surface area contributed by atoms with E-state index < -0.39 is 0 Å². The van der Waals surface area contributed by atoms with Crippen LogP contribution in [0, 0.1) is 0 Å². The molecule has 1 N–H and O–H groups in total. The van der Waals surface area contributed by atoms with Gasteiger partial charge in [0.25, 0.3) is 5.56 Å². The summed E-state index contributed by atoms with van der Waals surface area (Å²) in [6, 6.07) is 6.29. The molecule has 0 aromatic carbocycles. The first-order chi connectivity index (χ1) is 9.58. The second kappa shape index (κ2) is 4.90. The number of fused-ring (bicyclic) bond motifs is 1. The molecule has 0 amide bonds. The van der Waals surface area contributed by atoms with Crippen LogP contribution in [-0.4, -0.2) is 34.7 Å². The Bertz CT molecular complexity index is 694. The van der Waals surface area contributed by atoms with Crippen molar-refractivity contribution in [3.8, 4) is 0 Å². The lowest BCUT2D eigenvalue weighted by Crippen LogP contribution is -2.54. The zero-order valence-electron chi connectivity index (χ0n) is 12.1. The predicted octanol–water partition coefficient (Wildman–Crippen LogP) is 1.12. The Hall–Kier alpha value is -1.88. The molecule has 1 saturated heterocycles. The van der Waals surface area contributed by atoms with Crippen molar-refractivity contribution in [2.24, 2.45) is 7.05 Å². The number of aryl methyl sites for hydroxylation is 1. The summed E-state index contributed by atoms with van der Waals surface area (Å²) in [5, 5.41) is 3.46. The van der Waals surface area contributed by atoms with Crippen LogP contribution in [0.25, 0.3) is 11.0 Å². The Kier molecular flexibility index (Phi) is 3.22. The third kappa shape index (κ3) is 2.08. The highest BCUT2D eigenvalue weighted by Crippen LogP contribution is 2.25. The van der Waals surface area contributed by atoms with E-state index in [1.54, 1.807) is 23.9 Å². The van der Waals surface area contributed by atoms with Crippen molar-refractivity contribution in [3.05, 3.63) is 34.7 Å². The fourth-order valence-electron chi connectivity index (χ4n) is 2.84. The van der Waals surface area contributed by atoms with Crippen LogP contribution < -0.4 is 15.8 Å². The average molecular weight is 272 g/mol. The number of anilines is 1. The van der Waals surface area contributed by atoms with Crippen LogP contribution in [0.3, 0.4) is 0 Å². The number of aromatic nitrogens is 2. The largest absolute Gasteiger partial charge is 0.364 e. The van der Waals surface area contributed by atoms with E-state index in [2.05, 4.69) is 29.0 Å². The van der Waals surface area contributed by atoms with Crippen LogP contribution in [0.15, 0.2) is 29.2 Å². The van der Waals surface area contributed by atoms with Crippen molar-refractivity contribution in [2.45, 2.75) is 25.9 Å². The Morgan fingerprint density at radius 1 is 1.40 bits per heavy atom. The zero-order valence-corrected chi connectivity index (χ0v) is 12.1. The van der Waals surface area contributed by atoms with Crippen LogP contribution in [0.5, 0.6) is 0 Å². The van der Waals surface area contributed by atoms with E-state index in [4.69, 9.17) is 0 Å². The van der Waals surface area contributed by atoms with Gasteiger partial charge >= 0.3 is 0 Å². The van der Waals surface area contributed by atoms with Gasteiger partial charge in [-0.15, -0.1) is 0 Å². The van der Waals surface area contributed by atoms with Gasteiger partial charge in [-0.3, -0.25) is 9.78 Å². The van der Waals surface area contributed by atoms with E-state index in [1.807, 2.05) is 12.1 Å². The molecule has 5 heteroatoms. The third-order valence-corrected chi connectivity index (χ3v) is 4.05. The molecule has 0 spiro atoms. The Morgan fingerprint density at radius 2 is 2.20 bits per heavy atom. The lowest BCUT2D eigenvalue weighted by Gasteiger charge is -2.39. The predicted molar refractivity (Wildman–Crippen MR) is 81.3 cm³/mol. The van der Waals surface area contributed by atoms with Crippen LogP contribution in [0.2, 0.25) is 0 Å². The molecule has 0 saturated carbocycles. The second-order valence-corrected chi connectivity index (χ2v) is 5.61. The molecule has 2 aromatic heterocycles. The molecule has 2 aromatic rings. The molecule has 1 fully saturated rings. The molecule has 0 aliphatic carbocycles. The van der Waals surface area contributed by atoms with Gasteiger partial charge in [-0.1, -0.05) is 0 Å². The summed E-state index contributed by atoms with van der Waals surface area (Å²) in [5.74, 6) is 0. The van der Waals surface area contributed by atoms with Gasteiger partial charge in [0.15, 0.2) is 0 Å². The van der Waals surface area contributed by atoms with Gasteiger partial charge in [0.05, 0.1) is 11.2 Å². The van der Waals surface area contributed by atoms with Crippen molar-refractivity contribution in [1.29, 1.82) is 0 Å². The molecule has 20 heavy (non-hydrogen) atoms. The van der Waals surface area contributed by atoms with Gasteiger partial charge in [-0.25, -0.2) is 0 Å². The quantitative estimate of drug-likeness (QED) is 0.845.